The van der Waals surface area contributed by atoms with E-state index in [0.717, 1.165) is 39.4 Å². The summed E-state index contributed by atoms with van der Waals surface area (Å²) in [6.07, 6.45) is 0. The zero-order chi connectivity index (χ0) is 19.0. The van der Waals surface area contributed by atoms with E-state index in [9.17, 15) is 35.4 Å². The number of nitro benzene ring substituents is 3. The summed E-state index contributed by atoms with van der Waals surface area (Å²) < 4.78 is 5.18. The van der Waals surface area contributed by atoms with Gasteiger partial charge in [-0.25, -0.2) is 0 Å². The molecule has 26 heavy (non-hydrogen) atoms. The van der Waals surface area contributed by atoms with Crippen LogP contribution in [0.5, 0.6) is 5.75 Å². The Labute approximate surface area is 146 Å². The lowest BCUT2D eigenvalue weighted by Gasteiger charge is -2.24. The van der Waals surface area contributed by atoms with E-state index in [0.29, 0.717) is 12.1 Å². The summed E-state index contributed by atoms with van der Waals surface area (Å²) in [5.41, 5.74) is 0.533. The number of rotatable bonds is 5. The predicted molar refractivity (Wildman–Crippen MR) is 84.5 cm³/mol. The molecule has 0 unspecified atom stereocenters. The van der Waals surface area contributed by atoms with E-state index < -0.39 is 37.6 Å². The van der Waals surface area contributed by atoms with Crippen LogP contribution in [-0.2, 0) is 4.74 Å². The van der Waals surface area contributed by atoms with Gasteiger partial charge in [-0.3, -0.25) is 35.2 Å². The first-order valence-corrected chi connectivity index (χ1v) is 7.15. The van der Waals surface area contributed by atoms with E-state index in [1.54, 1.807) is 0 Å². The average Bonchev–Trinajstić information content (AvgIpc) is 2.56. The van der Waals surface area contributed by atoms with Crippen LogP contribution < -0.4 is 10.8 Å². The van der Waals surface area contributed by atoms with Crippen molar-refractivity contribution in [3.05, 3.63) is 42.5 Å². The van der Waals surface area contributed by atoms with Gasteiger partial charge in [0.2, 0.25) is 0 Å². The second kappa shape index (κ2) is 10.8. The normalized spacial score (nSPS) is 13.7. The number of hydrogen-bond donors (Lipinski definition) is 1. The number of nitrogens with zero attached hydrogens (tertiary/aromatic N) is 4. The summed E-state index contributed by atoms with van der Waals surface area (Å²) in [7, 11) is 0. The molecular weight excluding hydrogens is 358 g/mol. The molecule has 1 aromatic rings. The van der Waals surface area contributed by atoms with Crippen LogP contribution >= 0.6 is 0 Å². The Bertz CT molecular complexity index is 610. The summed E-state index contributed by atoms with van der Waals surface area (Å²) in [6.45, 7) is 6.13. The smallest absolute Gasteiger partial charge is 0.283 e. The fourth-order valence-corrected chi connectivity index (χ4v) is 2.01. The van der Waals surface area contributed by atoms with Crippen LogP contribution in [0.3, 0.4) is 0 Å². The molecule has 14 heteroatoms. The maximum absolute atomic E-state index is 11.1. The van der Waals surface area contributed by atoms with E-state index in [1.807, 2.05) is 0 Å². The van der Waals surface area contributed by atoms with E-state index in [4.69, 9.17) is 4.74 Å². The van der Waals surface area contributed by atoms with Gasteiger partial charge in [0.15, 0.2) is 0 Å². The highest BCUT2D eigenvalue weighted by atomic mass is 16.6. The minimum absolute atomic E-state index is 0. The van der Waals surface area contributed by atoms with E-state index >= 15 is 0 Å². The van der Waals surface area contributed by atoms with Gasteiger partial charge in [0.1, 0.15) is 0 Å². The summed E-state index contributed by atoms with van der Waals surface area (Å²) in [6, 6.07) is 0.769. The molecule has 5 N–H and O–H groups in total. The summed E-state index contributed by atoms with van der Waals surface area (Å²) in [5.74, 6) is -1.46. The minimum atomic E-state index is -1.46. The first-order valence-electron chi connectivity index (χ1n) is 7.15. The molecule has 0 radical (unpaired) electrons. The van der Waals surface area contributed by atoms with Gasteiger partial charge in [0, 0.05) is 19.6 Å². The van der Waals surface area contributed by atoms with Crippen LogP contribution in [0, 0.1) is 30.3 Å². The number of benzene rings is 1. The molecular formula is C12H19N5O9. The molecule has 1 aliphatic rings. The lowest BCUT2D eigenvalue weighted by Crippen LogP contribution is -2.56. The highest BCUT2D eigenvalue weighted by Gasteiger charge is 2.24. The van der Waals surface area contributed by atoms with Crippen molar-refractivity contribution in [2.45, 2.75) is 0 Å². The Hall–Kier alpha value is -2.94. The molecule has 0 spiro atoms. The zero-order valence-electron chi connectivity index (χ0n) is 13.7. The molecule has 146 valence electrons. The quantitative estimate of drug-likeness (QED) is 0.451. The number of morpholine rings is 1. The third kappa shape index (κ3) is 6.52. The Kier molecular flexibility index (Phi) is 9.60. The van der Waals surface area contributed by atoms with Gasteiger partial charge in [0.05, 0.1) is 52.4 Å². The largest absolute Gasteiger partial charge is 0.863 e. The molecule has 0 amide bonds. The average molecular weight is 377 g/mol. The number of hydrogen-bond acceptors (Lipinski definition) is 9. The molecule has 2 rings (SSSR count). The Morgan fingerprint density at radius 1 is 1.00 bits per heavy atom. The monoisotopic (exact) mass is 377 g/mol. The molecule has 0 saturated carbocycles. The lowest BCUT2D eigenvalue weighted by atomic mass is 10.2. The van der Waals surface area contributed by atoms with Crippen molar-refractivity contribution in [3.8, 4) is 5.75 Å². The topological polar surface area (TPSA) is 224 Å². The van der Waals surface area contributed by atoms with Crippen molar-refractivity contribution < 1.29 is 35.8 Å². The number of quaternary nitrogens is 1. The number of nitro groups is 3. The molecule has 1 aliphatic heterocycles. The Morgan fingerprint density at radius 3 is 1.81 bits per heavy atom. The van der Waals surface area contributed by atoms with Gasteiger partial charge < -0.3 is 21.1 Å². The molecule has 1 aromatic carbocycles. The van der Waals surface area contributed by atoms with E-state index in [1.165, 1.54) is 0 Å². The van der Waals surface area contributed by atoms with Crippen LogP contribution in [0.25, 0.3) is 0 Å². The maximum atomic E-state index is 11.1. The van der Waals surface area contributed by atoms with Gasteiger partial charge in [-0.2, -0.15) is 0 Å². The van der Waals surface area contributed by atoms with Crippen molar-refractivity contribution in [3.63, 3.8) is 0 Å². The SMILES string of the molecule is O.O=[N+]([O-])c1cc([N+](=O)[O-])c([O-])c([N+](=O)[O-])c1.[NH3+]CCN1CCOCC1. The fourth-order valence-electron chi connectivity index (χ4n) is 2.01. The minimum Gasteiger partial charge on any atom is -0.863 e. The van der Waals surface area contributed by atoms with Crippen LogP contribution in [0.1, 0.15) is 0 Å². The first-order chi connectivity index (χ1) is 11.8. The molecule has 1 fully saturated rings. The predicted octanol–water partition coefficient (Wildman–Crippen LogP) is -1.78. The maximum Gasteiger partial charge on any atom is 0.283 e. The van der Waals surface area contributed by atoms with Crippen molar-refractivity contribution in [2.24, 2.45) is 0 Å². The van der Waals surface area contributed by atoms with Crippen LogP contribution in [0.2, 0.25) is 0 Å². The summed E-state index contributed by atoms with van der Waals surface area (Å²) in [4.78, 5) is 29.9. The van der Waals surface area contributed by atoms with Crippen molar-refractivity contribution in [1.82, 2.24) is 4.90 Å². The van der Waals surface area contributed by atoms with E-state index in [-0.39, 0.29) is 5.48 Å². The van der Waals surface area contributed by atoms with Gasteiger partial charge in [-0.05, 0) is 0 Å². The molecule has 0 aliphatic carbocycles. The van der Waals surface area contributed by atoms with Crippen molar-refractivity contribution in [2.75, 3.05) is 39.4 Å². The lowest BCUT2D eigenvalue weighted by molar-refractivity contribution is -0.420. The van der Waals surface area contributed by atoms with Gasteiger partial charge in [0.25, 0.3) is 17.1 Å². The molecule has 1 heterocycles. The third-order valence-corrected chi connectivity index (χ3v) is 3.22. The number of ether oxygens (including phenoxy) is 1. The van der Waals surface area contributed by atoms with E-state index in [2.05, 4.69) is 10.6 Å². The summed E-state index contributed by atoms with van der Waals surface area (Å²) >= 11 is 0. The van der Waals surface area contributed by atoms with Gasteiger partial charge >= 0.3 is 0 Å². The zero-order valence-corrected chi connectivity index (χ0v) is 13.7. The highest BCUT2D eigenvalue weighted by Crippen LogP contribution is 2.36. The second-order valence-corrected chi connectivity index (χ2v) is 4.89. The third-order valence-electron chi connectivity index (χ3n) is 3.22. The number of non-ortho nitro benzene ring substituents is 1. The molecule has 0 atom stereocenters. The van der Waals surface area contributed by atoms with Crippen molar-refractivity contribution in [1.29, 1.82) is 0 Å². The first kappa shape index (κ1) is 23.1. The van der Waals surface area contributed by atoms with Crippen LogP contribution in [0.15, 0.2) is 12.1 Å². The van der Waals surface area contributed by atoms with Crippen molar-refractivity contribution >= 4 is 17.1 Å². The molecule has 0 aromatic heterocycles. The molecule has 0 bridgehead atoms. The van der Waals surface area contributed by atoms with Crippen LogP contribution in [-0.4, -0.2) is 64.5 Å². The fraction of sp³-hybridized carbons (Fsp3) is 0.500. The van der Waals surface area contributed by atoms with Gasteiger partial charge in [-0.15, -0.1) is 0 Å². The molecule has 14 nitrogen and oxygen atoms in total. The summed E-state index contributed by atoms with van der Waals surface area (Å²) in [5, 5.41) is 42.1. The standard InChI is InChI=1S/C6H3N3O7.C6H14N2O.H2O/c10-6-4(8(13)14)1-3(7(11)12)2-5(6)9(15)16;7-1-2-8-3-5-9-6-4-8;/h1-2,10H;1-7H2;1H2. The second-order valence-electron chi connectivity index (χ2n) is 4.89. The van der Waals surface area contributed by atoms with Crippen LogP contribution in [0.4, 0.5) is 17.1 Å². The van der Waals surface area contributed by atoms with Gasteiger partial charge in [-0.1, -0.05) is 0 Å². The Balaban J connectivity index is 0.000000532. The highest BCUT2D eigenvalue weighted by molar-refractivity contribution is 5.63. The molecule has 1 saturated heterocycles. The Morgan fingerprint density at radius 2 is 1.46 bits per heavy atom.